The van der Waals surface area contributed by atoms with Crippen LogP contribution in [-0.4, -0.2) is 0 Å². The van der Waals surface area contributed by atoms with E-state index >= 15 is 0 Å². The average molecular weight is 141 g/mol. The zero-order chi connectivity index (χ0) is 5.58. The molecule has 7 heavy (non-hydrogen) atoms. The SMILES string of the molecule is C[C-](C)C.[CH2-]F.[V+2]. The van der Waals surface area contributed by atoms with Gasteiger partial charge in [0.1, 0.15) is 0 Å². The predicted octanol–water partition coefficient (Wildman–Crippen LogP) is 2.37. The van der Waals surface area contributed by atoms with Gasteiger partial charge in [0.15, 0.2) is 0 Å². The fraction of sp³-hybridized carbons (Fsp3) is 0.600. The van der Waals surface area contributed by atoms with Crippen LogP contribution in [0.2, 0.25) is 0 Å². The Balaban J connectivity index is -0.0000000480. The molecule has 0 saturated heterocycles. The van der Waals surface area contributed by atoms with Crippen molar-refractivity contribution in [2.24, 2.45) is 0 Å². The monoisotopic (exact) mass is 141 g/mol. The van der Waals surface area contributed by atoms with Crippen LogP contribution in [0.15, 0.2) is 0 Å². The van der Waals surface area contributed by atoms with E-state index in [-0.39, 0.29) is 18.6 Å². The third kappa shape index (κ3) is 502. The van der Waals surface area contributed by atoms with Gasteiger partial charge in [-0.25, -0.2) is 0 Å². The molecule has 0 bridgehead atoms. The molecular weight excluding hydrogens is 130 g/mol. The van der Waals surface area contributed by atoms with Gasteiger partial charge in [-0.1, -0.05) is 0 Å². The molecule has 0 aliphatic rings. The molecule has 0 nitrogen and oxygen atoms in total. The summed E-state index contributed by atoms with van der Waals surface area (Å²) in [5.74, 6) is 1.42. The molecule has 0 unspecified atom stereocenters. The molecule has 0 heterocycles. The van der Waals surface area contributed by atoms with Gasteiger partial charge in [0.05, 0.1) is 0 Å². The van der Waals surface area contributed by atoms with E-state index in [1.807, 2.05) is 0 Å². The minimum atomic E-state index is 0. The Morgan fingerprint density at radius 1 is 1.14 bits per heavy atom. The van der Waals surface area contributed by atoms with Crippen molar-refractivity contribution in [1.82, 2.24) is 0 Å². The van der Waals surface area contributed by atoms with Gasteiger partial charge in [-0.05, 0) is 0 Å². The van der Waals surface area contributed by atoms with Crippen LogP contribution in [0.1, 0.15) is 20.8 Å². The Morgan fingerprint density at radius 2 is 1.14 bits per heavy atom. The van der Waals surface area contributed by atoms with E-state index < -0.39 is 0 Å². The van der Waals surface area contributed by atoms with Crippen molar-refractivity contribution in [3.63, 3.8) is 0 Å². The van der Waals surface area contributed by atoms with Crippen LogP contribution in [0.3, 0.4) is 0 Å². The van der Waals surface area contributed by atoms with Crippen LogP contribution in [-0.2, 0) is 18.6 Å². The Morgan fingerprint density at radius 3 is 1.14 bits per heavy atom. The molecule has 0 aromatic carbocycles. The summed E-state index contributed by atoms with van der Waals surface area (Å²) < 4.78 is 9.25. The van der Waals surface area contributed by atoms with E-state index in [4.69, 9.17) is 0 Å². The zero-order valence-electron chi connectivity index (χ0n) is 5.03. The maximum atomic E-state index is 9.25. The summed E-state index contributed by atoms with van der Waals surface area (Å²) in [6.45, 7) is 6.25. The van der Waals surface area contributed by atoms with Crippen molar-refractivity contribution >= 4 is 0 Å². The molecule has 0 N–H and O–H groups in total. The van der Waals surface area contributed by atoms with Crippen molar-refractivity contribution in [2.75, 3.05) is 0 Å². The van der Waals surface area contributed by atoms with Crippen molar-refractivity contribution < 1.29 is 22.9 Å². The first-order valence-corrected chi connectivity index (χ1v) is 1.77. The van der Waals surface area contributed by atoms with Crippen LogP contribution in [0.5, 0.6) is 0 Å². The Hall–Kier alpha value is 0.514. The Kier molecular flexibility index (Phi) is 35.9. The standard InChI is InChI=1S/C4H9.CH2F.V/c1-4(2)3;1-2;/h1-3H3;1H2;/q2*-1;+2. The van der Waals surface area contributed by atoms with E-state index in [2.05, 4.69) is 20.8 Å². The second-order valence-corrected chi connectivity index (χ2v) is 1.50. The summed E-state index contributed by atoms with van der Waals surface area (Å²) in [7, 11) is 1.75. The third-order valence-electron chi connectivity index (χ3n) is 0. The van der Waals surface area contributed by atoms with Gasteiger partial charge in [0.2, 0.25) is 0 Å². The first-order valence-electron chi connectivity index (χ1n) is 1.77. The summed E-state index contributed by atoms with van der Waals surface area (Å²) in [4.78, 5) is 0. The summed E-state index contributed by atoms with van der Waals surface area (Å²) in [5.41, 5.74) is 0. The quantitative estimate of drug-likeness (QED) is 0.454. The number of hydrogen-bond acceptors (Lipinski definition) is 0. The van der Waals surface area contributed by atoms with E-state index in [1.54, 1.807) is 7.18 Å². The largest absolute Gasteiger partial charge is 2.00 e. The second kappa shape index (κ2) is 16.0. The van der Waals surface area contributed by atoms with E-state index in [0.29, 0.717) is 0 Å². The van der Waals surface area contributed by atoms with Gasteiger partial charge in [-0.15, -0.1) is 0 Å². The van der Waals surface area contributed by atoms with Crippen LogP contribution in [0.25, 0.3) is 0 Å². The Bertz CT molecular complexity index is 12.8. The predicted molar refractivity (Wildman–Crippen MR) is 26.7 cm³/mol. The summed E-state index contributed by atoms with van der Waals surface area (Å²) in [6, 6.07) is 0. The van der Waals surface area contributed by atoms with Gasteiger partial charge >= 0.3 is 18.6 Å². The van der Waals surface area contributed by atoms with Gasteiger partial charge in [-0.2, -0.15) is 27.9 Å². The van der Waals surface area contributed by atoms with E-state index in [1.165, 1.54) is 5.92 Å². The number of rotatable bonds is 0. The minimum Gasteiger partial charge on any atom is -0.463 e. The first kappa shape index (κ1) is 15.6. The van der Waals surface area contributed by atoms with Crippen molar-refractivity contribution in [2.45, 2.75) is 20.8 Å². The molecule has 0 amide bonds. The molecule has 0 atom stereocenters. The third-order valence-corrected chi connectivity index (χ3v) is 0. The van der Waals surface area contributed by atoms with Crippen molar-refractivity contribution in [3.8, 4) is 0 Å². The van der Waals surface area contributed by atoms with Crippen LogP contribution < -0.4 is 0 Å². The van der Waals surface area contributed by atoms with Crippen LogP contribution in [0, 0.1) is 13.1 Å². The molecule has 43 valence electrons. The molecular formula is C5H11FV. The molecule has 0 aliphatic heterocycles. The molecule has 2 heteroatoms. The number of halogens is 1. The van der Waals surface area contributed by atoms with Gasteiger partial charge in [-0.3, -0.25) is 0 Å². The molecule has 0 rings (SSSR count). The zero-order valence-corrected chi connectivity index (χ0v) is 6.43. The smallest absolute Gasteiger partial charge is 0.463 e. The van der Waals surface area contributed by atoms with E-state index in [0.717, 1.165) is 0 Å². The van der Waals surface area contributed by atoms with Gasteiger partial charge < -0.3 is 10.3 Å². The van der Waals surface area contributed by atoms with E-state index in [9.17, 15) is 4.39 Å². The normalized spacial score (nSPS) is 6.00. The fourth-order valence-corrected chi connectivity index (χ4v) is 0. The molecule has 1 radical (unpaired) electrons. The topological polar surface area (TPSA) is 0 Å². The first-order chi connectivity index (χ1) is 2.73. The molecule has 0 fully saturated rings. The van der Waals surface area contributed by atoms with Crippen LogP contribution >= 0.6 is 0 Å². The van der Waals surface area contributed by atoms with Gasteiger partial charge in [0.25, 0.3) is 0 Å². The maximum Gasteiger partial charge on any atom is 2.00 e. The molecule has 0 aromatic rings. The molecule has 0 aliphatic carbocycles. The fourth-order valence-electron chi connectivity index (χ4n) is 0. The Labute approximate surface area is 57.4 Å². The summed E-state index contributed by atoms with van der Waals surface area (Å²) in [6.07, 6.45) is 0. The minimum absolute atomic E-state index is 0. The second-order valence-electron chi connectivity index (χ2n) is 1.50. The molecule has 0 spiro atoms. The summed E-state index contributed by atoms with van der Waals surface area (Å²) in [5, 5.41) is 0. The number of hydrogen-bond donors (Lipinski definition) is 0. The maximum absolute atomic E-state index is 9.25. The molecule has 0 aromatic heterocycles. The molecule has 0 saturated carbocycles. The van der Waals surface area contributed by atoms with Gasteiger partial charge in [0, 0.05) is 0 Å². The average Bonchev–Trinajstić information content (AvgIpc) is 1.41. The van der Waals surface area contributed by atoms with Crippen LogP contribution in [0.4, 0.5) is 4.39 Å². The van der Waals surface area contributed by atoms with Crippen molar-refractivity contribution in [1.29, 1.82) is 0 Å². The summed E-state index contributed by atoms with van der Waals surface area (Å²) >= 11 is 0. The van der Waals surface area contributed by atoms with Crippen molar-refractivity contribution in [3.05, 3.63) is 13.1 Å².